The second-order valence-corrected chi connectivity index (χ2v) is 9.17. The number of benzene rings is 2. The second-order valence-electron chi connectivity index (χ2n) is 6.38. The number of ketones is 1. The fourth-order valence-electron chi connectivity index (χ4n) is 2.54. The van der Waals surface area contributed by atoms with E-state index in [-0.39, 0.29) is 5.78 Å². The molecule has 0 saturated carbocycles. The highest BCUT2D eigenvalue weighted by atomic mass is 28.3. The molecule has 0 aromatic heterocycles. The molecule has 0 fully saturated rings. The molecule has 0 N–H and O–H groups in total. The standard InChI is InChI=1S/C20H26N2OSi/c1-17(23)14-20(15-18-10-6-4-7-11-18)21-22(24(2)3)16-19-12-8-5-9-13-19/h4-13,24H,14-16H2,1-3H3. The number of hydrogen-bond acceptors (Lipinski definition) is 3. The minimum Gasteiger partial charge on any atom is -0.324 e. The van der Waals surface area contributed by atoms with Crippen LogP contribution < -0.4 is 0 Å². The summed E-state index contributed by atoms with van der Waals surface area (Å²) < 4.78 is 2.20. The average Bonchev–Trinajstić information content (AvgIpc) is 2.55. The summed E-state index contributed by atoms with van der Waals surface area (Å²) in [6.07, 6.45) is 1.15. The Morgan fingerprint density at radius 2 is 1.50 bits per heavy atom. The summed E-state index contributed by atoms with van der Waals surface area (Å²) in [6.45, 7) is 6.97. The molecule has 0 bridgehead atoms. The van der Waals surface area contributed by atoms with Gasteiger partial charge in [0.05, 0.1) is 6.54 Å². The van der Waals surface area contributed by atoms with Gasteiger partial charge in [0.15, 0.2) is 8.96 Å². The van der Waals surface area contributed by atoms with Gasteiger partial charge >= 0.3 is 0 Å². The van der Waals surface area contributed by atoms with Crippen molar-refractivity contribution in [2.45, 2.75) is 39.4 Å². The van der Waals surface area contributed by atoms with Crippen molar-refractivity contribution in [1.29, 1.82) is 0 Å². The molecular weight excluding hydrogens is 312 g/mol. The van der Waals surface area contributed by atoms with E-state index in [9.17, 15) is 4.79 Å². The van der Waals surface area contributed by atoms with Gasteiger partial charge in [-0.1, -0.05) is 73.8 Å². The predicted molar refractivity (Wildman–Crippen MR) is 104 cm³/mol. The van der Waals surface area contributed by atoms with Crippen molar-refractivity contribution in [3.05, 3.63) is 71.8 Å². The van der Waals surface area contributed by atoms with Crippen molar-refractivity contribution in [3.8, 4) is 0 Å². The number of rotatable bonds is 8. The van der Waals surface area contributed by atoms with Crippen molar-refractivity contribution in [2.75, 3.05) is 0 Å². The van der Waals surface area contributed by atoms with Gasteiger partial charge in [-0.05, 0) is 18.1 Å². The van der Waals surface area contributed by atoms with E-state index in [0.717, 1.165) is 18.7 Å². The molecule has 2 aromatic rings. The Bertz CT molecular complexity index is 669. The van der Waals surface area contributed by atoms with Gasteiger partial charge in [-0.25, -0.2) is 0 Å². The van der Waals surface area contributed by atoms with Gasteiger partial charge in [-0.2, -0.15) is 5.10 Å². The molecule has 0 atom stereocenters. The monoisotopic (exact) mass is 338 g/mol. The molecule has 0 unspecified atom stereocenters. The lowest BCUT2D eigenvalue weighted by Gasteiger charge is -2.24. The number of hydrazone groups is 1. The van der Waals surface area contributed by atoms with E-state index in [1.807, 2.05) is 24.3 Å². The van der Waals surface area contributed by atoms with E-state index >= 15 is 0 Å². The first-order chi connectivity index (χ1) is 11.5. The highest BCUT2D eigenvalue weighted by molar-refractivity contribution is 6.52. The Balaban J connectivity index is 2.21. The molecule has 24 heavy (non-hydrogen) atoms. The topological polar surface area (TPSA) is 32.7 Å². The molecule has 0 heterocycles. The number of Topliss-reactive ketones (excluding diaryl/α,β-unsaturated/α-hetero) is 1. The molecule has 2 aromatic carbocycles. The van der Waals surface area contributed by atoms with E-state index in [1.54, 1.807) is 6.92 Å². The summed E-state index contributed by atoms with van der Waals surface area (Å²) >= 11 is 0. The lowest BCUT2D eigenvalue weighted by molar-refractivity contribution is -0.115. The van der Waals surface area contributed by atoms with E-state index in [4.69, 9.17) is 5.10 Å². The summed E-state index contributed by atoms with van der Waals surface area (Å²) in [5, 5.41) is 4.90. The normalized spacial score (nSPS) is 11.6. The Hall–Kier alpha value is -2.20. The molecule has 0 spiro atoms. The van der Waals surface area contributed by atoms with Crippen LogP contribution >= 0.6 is 0 Å². The SMILES string of the molecule is CC(=O)CC(Cc1ccccc1)=NN(Cc1ccccc1)[SiH](C)C. The van der Waals surface area contributed by atoms with Gasteiger partial charge in [0.25, 0.3) is 0 Å². The summed E-state index contributed by atoms with van der Waals surface area (Å²) in [5.41, 5.74) is 3.40. The summed E-state index contributed by atoms with van der Waals surface area (Å²) in [7, 11) is -1.13. The lowest BCUT2D eigenvalue weighted by atomic mass is 10.1. The van der Waals surface area contributed by atoms with E-state index in [0.29, 0.717) is 6.42 Å². The molecule has 0 saturated heterocycles. The molecule has 0 aliphatic carbocycles. The third kappa shape index (κ3) is 6.12. The largest absolute Gasteiger partial charge is 0.324 e. The number of carbonyl (C=O) groups is 1. The van der Waals surface area contributed by atoms with E-state index in [2.05, 4.69) is 54.2 Å². The van der Waals surface area contributed by atoms with Gasteiger partial charge in [-0.3, -0.25) is 4.79 Å². The first-order valence-electron chi connectivity index (χ1n) is 8.45. The zero-order valence-electron chi connectivity index (χ0n) is 14.8. The van der Waals surface area contributed by atoms with Crippen molar-refractivity contribution in [2.24, 2.45) is 5.10 Å². The second kappa shape index (κ2) is 9.18. The molecule has 0 amide bonds. The van der Waals surface area contributed by atoms with Crippen LogP contribution in [0.15, 0.2) is 65.8 Å². The van der Waals surface area contributed by atoms with Gasteiger partial charge in [-0.15, -0.1) is 0 Å². The van der Waals surface area contributed by atoms with E-state index < -0.39 is 8.96 Å². The summed E-state index contributed by atoms with van der Waals surface area (Å²) in [5.74, 6) is 0.162. The molecule has 4 heteroatoms. The lowest BCUT2D eigenvalue weighted by Crippen LogP contribution is -2.31. The summed E-state index contributed by atoms with van der Waals surface area (Å²) in [6, 6.07) is 20.6. The Morgan fingerprint density at radius 1 is 0.958 bits per heavy atom. The molecule has 0 radical (unpaired) electrons. The zero-order valence-corrected chi connectivity index (χ0v) is 15.9. The van der Waals surface area contributed by atoms with Crippen molar-refractivity contribution < 1.29 is 4.79 Å². The van der Waals surface area contributed by atoms with Crippen molar-refractivity contribution in [3.63, 3.8) is 0 Å². The highest BCUT2D eigenvalue weighted by Crippen LogP contribution is 2.11. The van der Waals surface area contributed by atoms with Gasteiger partial charge in [0.1, 0.15) is 5.78 Å². The zero-order chi connectivity index (χ0) is 17.4. The maximum atomic E-state index is 11.7. The van der Waals surface area contributed by atoms with Crippen molar-refractivity contribution in [1.82, 2.24) is 4.67 Å². The molecule has 2 rings (SSSR count). The van der Waals surface area contributed by atoms with Gasteiger partial charge in [0, 0.05) is 18.6 Å². The molecular formula is C20H26N2OSi. The van der Waals surface area contributed by atoms with Crippen LogP contribution in [-0.4, -0.2) is 25.1 Å². The average molecular weight is 339 g/mol. The number of hydrogen-bond donors (Lipinski definition) is 0. The summed E-state index contributed by atoms with van der Waals surface area (Å²) in [4.78, 5) is 11.7. The Morgan fingerprint density at radius 3 is 2.00 bits per heavy atom. The minimum absolute atomic E-state index is 0.162. The smallest absolute Gasteiger partial charge is 0.157 e. The van der Waals surface area contributed by atoms with Crippen LogP contribution in [0.5, 0.6) is 0 Å². The number of nitrogens with zero attached hydrogens (tertiary/aromatic N) is 2. The molecule has 126 valence electrons. The van der Waals surface area contributed by atoms with Crippen LogP contribution in [-0.2, 0) is 17.8 Å². The third-order valence-corrected chi connectivity index (χ3v) is 5.25. The Labute approximate surface area is 146 Å². The van der Waals surface area contributed by atoms with Crippen LogP contribution in [0.2, 0.25) is 13.1 Å². The van der Waals surface area contributed by atoms with Crippen LogP contribution in [0.3, 0.4) is 0 Å². The quantitative estimate of drug-likeness (QED) is 0.413. The maximum Gasteiger partial charge on any atom is 0.157 e. The number of carbonyl (C=O) groups excluding carboxylic acids is 1. The maximum absolute atomic E-state index is 11.7. The van der Waals surface area contributed by atoms with Crippen LogP contribution in [0.4, 0.5) is 0 Å². The predicted octanol–water partition coefficient (Wildman–Crippen LogP) is 4.05. The minimum atomic E-state index is -1.13. The van der Waals surface area contributed by atoms with Crippen molar-refractivity contribution >= 4 is 20.5 Å². The van der Waals surface area contributed by atoms with Crippen LogP contribution in [0.25, 0.3) is 0 Å². The first-order valence-corrected chi connectivity index (χ1v) is 11.3. The fraction of sp³-hybridized carbons (Fsp3) is 0.300. The fourth-order valence-corrected chi connectivity index (χ4v) is 3.51. The van der Waals surface area contributed by atoms with Crippen LogP contribution in [0.1, 0.15) is 24.5 Å². The van der Waals surface area contributed by atoms with Gasteiger partial charge in [0.2, 0.25) is 0 Å². The molecule has 3 nitrogen and oxygen atoms in total. The third-order valence-electron chi connectivity index (χ3n) is 3.76. The molecule has 0 aliphatic rings. The highest BCUT2D eigenvalue weighted by Gasteiger charge is 2.12. The van der Waals surface area contributed by atoms with Crippen LogP contribution in [0, 0.1) is 0 Å². The van der Waals surface area contributed by atoms with E-state index in [1.165, 1.54) is 11.1 Å². The molecule has 0 aliphatic heterocycles. The Kier molecular flexibility index (Phi) is 6.94. The van der Waals surface area contributed by atoms with Gasteiger partial charge < -0.3 is 4.67 Å². The first kappa shape index (κ1) is 18.1.